The summed E-state index contributed by atoms with van der Waals surface area (Å²) in [5, 5.41) is 11.7. The number of nitrogen functional groups attached to an aromatic ring is 1. The molecule has 0 radical (unpaired) electrons. The molecule has 1 aromatic heterocycles. The summed E-state index contributed by atoms with van der Waals surface area (Å²) in [6.45, 7) is 0.263. The lowest BCUT2D eigenvalue weighted by Crippen LogP contribution is -2.47. The number of halogens is 3. The van der Waals surface area contributed by atoms with E-state index in [4.69, 9.17) is 15.9 Å². The molecule has 2 amide bonds. The molecule has 1 saturated carbocycles. The van der Waals surface area contributed by atoms with Gasteiger partial charge in [-0.1, -0.05) is 43.2 Å². The molecule has 2 heterocycles. The van der Waals surface area contributed by atoms with Crippen molar-refractivity contribution < 1.29 is 22.7 Å². The lowest BCUT2D eigenvalue weighted by atomic mass is 9.82. The fourth-order valence-electron chi connectivity index (χ4n) is 6.06. The Morgan fingerprint density at radius 3 is 2.67 bits per heavy atom. The van der Waals surface area contributed by atoms with Gasteiger partial charge in [-0.05, 0) is 48.1 Å². The van der Waals surface area contributed by atoms with Crippen molar-refractivity contribution in [1.82, 2.24) is 9.88 Å². The van der Waals surface area contributed by atoms with Crippen LogP contribution in [0.2, 0.25) is 0 Å². The zero-order valence-electron chi connectivity index (χ0n) is 22.2. The monoisotopic (exact) mass is 551 g/mol. The van der Waals surface area contributed by atoms with E-state index in [-0.39, 0.29) is 30.2 Å². The number of amides is 2. The number of aromatic nitrogens is 1. The third-order valence-corrected chi connectivity index (χ3v) is 7.93. The third-order valence-electron chi connectivity index (χ3n) is 7.93. The van der Waals surface area contributed by atoms with Crippen molar-refractivity contribution in [2.45, 2.75) is 56.8 Å². The highest BCUT2D eigenvalue weighted by molar-refractivity contribution is 6.14. The van der Waals surface area contributed by atoms with Crippen molar-refractivity contribution in [2.24, 2.45) is 5.92 Å². The van der Waals surface area contributed by atoms with Crippen molar-refractivity contribution in [3.05, 3.63) is 83.0 Å². The number of nitrogens with one attached hydrogen (secondary N) is 2. The molecular formula is C30H32F3N5O2. The van der Waals surface area contributed by atoms with E-state index >= 15 is 0 Å². The number of nitrogens with two attached hydrogens (primary N) is 1. The van der Waals surface area contributed by atoms with Crippen LogP contribution in [0.5, 0.6) is 5.88 Å². The number of carbonyl (C=O) groups excluding carboxylic acids is 1. The zero-order valence-corrected chi connectivity index (χ0v) is 22.2. The molecule has 1 unspecified atom stereocenters. The molecule has 1 aliphatic carbocycles. The summed E-state index contributed by atoms with van der Waals surface area (Å²) in [5.74, 6) is -0.361. The van der Waals surface area contributed by atoms with Crippen LogP contribution in [0.15, 0.2) is 60.8 Å². The standard InChI is InChI=1S/C30H32F3N5O2/c1-40-27-14-20(10-11-36-27)28(35)23-13-21-17-38(29(39)37-25(21)15-24(23)34)26-9-5-6-18(16-30(31,32)33)12-22(26)19-7-3-2-4-8-19/h2-4,7-8,10-11,13-15,18,22,26,35H,5-6,9,12,16-17,34H2,1H3,(H,37,39)/t18?,22-,26+/m0/s1. The Labute approximate surface area is 231 Å². The van der Waals surface area contributed by atoms with Crippen LogP contribution in [0.4, 0.5) is 29.3 Å². The first-order valence-corrected chi connectivity index (χ1v) is 13.3. The highest BCUT2D eigenvalue weighted by atomic mass is 19.4. The van der Waals surface area contributed by atoms with Crippen molar-refractivity contribution in [2.75, 3.05) is 18.2 Å². The van der Waals surface area contributed by atoms with Crippen molar-refractivity contribution in [1.29, 1.82) is 5.41 Å². The predicted molar refractivity (Wildman–Crippen MR) is 148 cm³/mol. The molecule has 0 spiro atoms. The van der Waals surface area contributed by atoms with Crippen LogP contribution >= 0.6 is 0 Å². The minimum Gasteiger partial charge on any atom is -0.481 e. The van der Waals surface area contributed by atoms with E-state index in [2.05, 4.69) is 10.3 Å². The van der Waals surface area contributed by atoms with Crippen molar-refractivity contribution >= 4 is 23.1 Å². The summed E-state index contributed by atoms with van der Waals surface area (Å²) < 4.78 is 45.3. The Bertz CT molecular complexity index is 1400. The SMILES string of the molecule is COc1cc(C(=N)c2cc3c(cc2N)NC(=O)N([C@@H]2CCCC(CC(F)(F)F)C[C@H]2c2ccccc2)C3)ccn1. The van der Waals surface area contributed by atoms with Crippen LogP contribution in [-0.2, 0) is 6.54 Å². The van der Waals surface area contributed by atoms with Crippen LogP contribution in [0.1, 0.15) is 60.3 Å². The fourth-order valence-corrected chi connectivity index (χ4v) is 6.06. The number of methoxy groups -OCH3 is 1. The lowest BCUT2D eigenvalue weighted by Gasteiger charge is -2.40. The smallest absolute Gasteiger partial charge is 0.389 e. The molecule has 40 heavy (non-hydrogen) atoms. The van der Waals surface area contributed by atoms with Gasteiger partial charge in [0.25, 0.3) is 0 Å². The first-order chi connectivity index (χ1) is 19.1. The number of nitrogens with zero attached hydrogens (tertiary/aromatic N) is 2. The lowest BCUT2D eigenvalue weighted by molar-refractivity contribution is -0.145. The summed E-state index contributed by atoms with van der Waals surface area (Å²) in [6, 6.07) is 15.8. The van der Waals surface area contributed by atoms with Gasteiger partial charge in [-0.2, -0.15) is 13.2 Å². The first kappa shape index (κ1) is 27.5. The van der Waals surface area contributed by atoms with E-state index in [1.165, 1.54) is 7.11 Å². The number of urea groups is 1. The maximum atomic E-state index is 13.4. The maximum absolute atomic E-state index is 13.4. The van der Waals surface area contributed by atoms with Crippen molar-refractivity contribution in [3.63, 3.8) is 0 Å². The number of alkyl halides is 3. The maximum Gasteiger partial charge on any atom is 0.389 e. The van der Waals surface area contributed by atoms with Gasteiger partial charge in [0.15, 0.2) is 0 Å². The number of hydrogen-bond acceptors (Lipinski definition) is 5. The molecule has 0 bridgehead atoms. The molecule has 3 aromatic rings. The molecule has 7 nitrogen and oxygen atoms in total. The van der Waals surface area contributed by atoms with Crippen LogP contribution in [0, 0.1) is 11.3 Å². The summed E-state index contributed by atoms with van der Waals surface area (Å²) in [7, 11) is 1.50. The molecule has 5 rings (SSSR count). The molecule has 10 heteroatoms. The highest BCUT2D eigenvalue weighted by Crippen LogP contribution is 2.43. The Kier molecular flexibility index (Phi) is 7.69. The molecule has 2 aromatic carbocycles. The molecule has 1 fully saturated rings. The highest BCUT2D eigenvalue weighted by Gasteiger charge is 2.40. The number of fused-ring (bicyclic) bond motifs is 1. The number of rotatable bonds is 6. The Morgan fingerprint density at radius 2 is 1.95 bits per heavy atom. The average molecular weight is 552 g/mol. The molecule has 2 aliphatic rings. The molecular weight excluding hydrogens is 519 g/mol. The number of pyridine rings is 1. The number of ether oxygens (including phenoxy) is 1. The Hall–Kier alpha value is -4.08. The second-order valence-corrected chi connectivity index (χ2v) is 10.6. The molecule has 3 atom stereocenters. The van der Waals surface area contributed by atoms with Gasteiger partial charge in [0, 0.05) is 59.7 Å². The minimum absolute atomic E-state index is 0.191. The Morgan fingerprint density at radius 1 is 1.18 bits per heavy atom. The molecule has 210 valence electrons. The van der Waals surface area contributed by atoms with Gasteiger partial charge in [0.1, 0.15) is 0 Å². The number of anilines is 2. The van der Waals surface area contributed by atoms with Gasteiger partial charge >= 0.3 is 12.2 Å². The average Bonchev–Trinajstić information content (AvgIpc) is 3.13. The normalized spacial score (nSPS) is 21.2. The zero-order chi connectivity index (χ0) is 28.4. The van der Waals surface area contributed by atoms with E-state index in [0.717, 1.165) is 11.1 Å². The Balaban J connectivity index is 1.46. The quantitative estimate of drug-likeness (QED) is 0.179. The van der Waals surface area contributed by atoms with Crippen LogP contribution < -0.4 is 15.8 Å². The van der Waals surface area contributed by atoms with Gasteiger partial charge < -0.3 is 20.7 Å². The molecule has 1 aliphatic heterocycles. The number of carbonyl (C=O) groups is 1. The predicted octanol–water partition coefficient (Wildman–Crippen LogP) is 6.73. The summed E-state index contributed by atoms with van der Waals surface area (Å²) in [6.07, 6.45) is -1.46. The molecule has 4 N–H and O–H groups in total. The van der Waals surface area contributed by atoms with Gasteiger partial charge in [-0.25, -0.2) is 9.78 Å². The topological polar surface area (TPSA) is 104 Å². The summed E-state index contributed by atoms with van der Waals surface area (Å²) in [5.41, 5.74) is 10.2. The summed E-state index contributed by atoms with van der Waals surface area (Å²) >= 11 is 0. The van der Waals surface area contributed by atoms with Crippen LogP contribution in [-0.4, -0.2) is 41.0 Å². The van der Waals surface area contributed by atoms with E-state index in [9.17, 15) is 18.0 Å². The van der Waals surface area contributed by atoms with E-state index in [1.54, 1.807) is 29.3 Å². The first-order valence-electron chi connectivity index (χ1n) is 13.3. The van der Waals surface area contributed by atoms with Gasteiger partial charge in [0.2, 0.25) is 5.88 Å². The third kappa shape index (κ3) is 5.90. The van der Waals surface area contributed by atoms with E-state index < -0.39 is 18.5 Å². The fraction of sp³-hybridized carbons (Fsp3) is 0.367. The minimum atomic E-state index is -4.23. The van der Waals surface area contributed by atoms with Crippen LogP contribution in [0.25, 0.3) is 0 Å². The van der Waals surface area contributed by atoms with E-state index in [0.29, 0.717) is 54.1 Å². The summed E-state index contributed by atoms with van der Waals surface area (Å²) in [4.78, 5) is 19.2. The van der Waals surface area contributed by atoms with E-state index in [1.807, 2.05) is 36.4 Å². The molecule has 0 saturated heterocycles. The largest absolute Gasteiger partial charge is 0.481 e. The van der Waals surface area contributed by atoms with Crippen LogP contribution in [0.3, 0.4) is 0 Å². The van der Waals surface area contributed by atoms with Gasteiger partial charge in [-0.3, -0.25) is 5.41 Å². The van der Waals surface area contributed by atoms with Gasteiger partial charge in [0.05, 0.1) is 12.8 Å². The second-order valence-electron chi connectivity index (χ2n) is 10.6. The second kappa shape index (κ2) is 11.2. The number of benzene rings is 2. The number of hydrogen-bond donors (Lipinski definition) is 3. The van der Waals surface area contributed by atoms with Crippen molar-refractivity contribution in [3.8, 4) is 5.88 Å². The van der Waals surface area contributed by atoms with Gasteiger partial charge in [-0.15, -0.1) is 0 Å².